The van der Waals surface area contributed by atoms with Crippen LogP contribution in [0.15, 0.2) is 0 Å². The Kier molecular flexibility index (Phi) is 45.8. The molecule has 0 saturated heterocycles. The van der Waals surface area contributed by atoms with E-state index in [1.54, 1.807) is 14.2 Å². The van der Waals surface area contributed by atoms with Gasteiger partial charge in [0.1, 0.15) is 0 Å². The molecule has 0 spiro atoms. The van der Waals surface area contributed by atoms with Crippen LogP contribution in [0.5, 0.6) is 0 Å². The fraction of sp³-hybridized carbons (Fsp3) is 0.833. The second kappa shape index (κ2) is 26.1. The van der Waals surface area contributed by atoms with Crippen molar-refractivity contribution in [3.05, 3.63) is 0 Å². The van der Waals surface area contributed by atoms with Crippen molar-refractivity contribution in [1.82, 2.24) is 5.32 Å². The highest BCUT2D eigenvalue weighted by Crippen LogP contribution is 1.52. The minimum absolute atomic E-state index is 0. The van der Waals surface area contributed by atoms with Crippen LogP contribution in [-0.2, 0) is 9.53 Å². The topological polar surface area (TPSA) is 38.3 Å². The van der Waals surface area contributed by atoms with Gasteiger partial charge in [-0.2, -0.15) is 0 Å². The van der Waals surface area contributed by atoms with E-state index < -0.39 is 0 Å². The molecule has 0 saturated carbocycles. The Bertz CT molecular complexity index is 38.0. The monoisotopic (exact) mass is 135 g/mol. The van der Waals surface area contributed by atoms with Crippen LogP contribution >= 0.6 is 0 Å². The van der Waals surface area contributed by atoms with Crippen molar-refractivity contribution in [2.75, 3.05) is 20.8 Å². The number of hydrogen-bond donors (Lipinski definition) is 1. The van der Waals surface area contributed by atoms with Crippen LogP contribution < -0.4 is 5.32 Å². The number of nitrogens with one attached hydrogen (secondary N) is 1. The Hall–Kier alpha value is -0.570. The van der Waals surface area contributed by atoms with Crippen molar-refractivity contribution < 1.29 is 9.53 Å². The van der Waals surface area contributed by atoms with Crippen LogP contribution in [0.1, 0.15) is 14.4 Å². The van der Waals surface area contributed by atoms with E-state index in [-0.39, 0.29) is 7.43 Å². The van der Waals surface area contributed by atoms with Gasteiger partial charge in [-0.25, -0.2) is 0 Å². The summed E-state index contributed by atoms with van der Waals surface area (Å²) in [4.78, 5) is 9.06. The number of methoxy groups -OCH3 is 1. The average molecular weight is 135 g/mol. The third-order valence-electron chi connectivity index (χ3n) is 0.407. The first-order chi connectivity index (χ1) is 3.83. The third-order valence-corrected chi connectivity index (χ3v) is 0.407. The summed E-state index contributed by atoms with van der Waals surface area (Å²) in [5.41, 5.74) is 0. The lowest BCUT2D eigenvalue weighted by atomic mass is 10.9. The van der Waals surface area contributed by atoms with Crippen LogP contribution in [0.4, 0.5) is 0 Å². The fourth-order valence-corrected chi connectivity index (χ4v) is 0. The second-order valence-corrected chi connectivity index (χ2v) is 0.984. The Labute approximate surface area is 57.4 Å². The van der Waals surface area contributed by atoms with E-state index in [0.29, 0.717) is 6.41 Å². The summed E-state index contributed by atoms with van der Waals surface area (Å²) < 4.78 is 4.54. The van der Waals surface area contributed by atoms with Gasteiger partial charge < -0.3 is 10.1 Å². The zero-order valence-electron chi connectivity index (χ0n) is 5.60. The minimum atomic E-state index is 0. The number of carbonyl (C=O) groups is 1. The summed E-state index contributed by atoms with van der Waals surface area (Å²) in [6.45, 7) is 2.78. The molecule has 0 unspecified atom stereocenters. The van der Waals surface area contributed by atoms with E-state index in [2.05, 4.69) is 10.1 Å². The van der Waals surface area contributed by atoms with Gasteiger partial charge in [-0.3, -0.25) is 4.79 Å². The van der Waals surface area contributed by atoms with Crippen molar-refractivity contribution in [1.29, 1.82) is 0 Å². The highest BCUT2D eigenvalue weighted by Gasteiger charge is 1.51. The molecule has 0 aromatic rings. The Balaban J connectivity index is -0.0000000720. The maximum atomic E-state index is 9.06. The Morgan fingerprint density at radius 2 is 1.89 bits per heavy atom. The standard InChI is InChI=1S/C3H8O.C2H5NO.CH4/c1-3-4-2;1-3-2-4;/h3H2,1-2H3;2H,1H3,(H,3,4);1H4. The molecule has 0 fully saturated rings. The van der Waals surface area contributed by atoms with Gasteiger partial charge in [0.25, 0.3) is 0 Å². The summed E-state index contributed by atoms with van der Waals surface area (Å²) >= 11 is 0. The van der Waals surface area contributed by atoms with Crippen molar-refractivity contribution in [3.8, 4) is 0 Å². The average Bonchev–Trinajstić information content (AvgIpc) is 1.88. The van der Waals surface area contributed by atoms with Crippen molar-refractivity contribution in [2.45, 2.75) is 14.4 Å². The molecule has 0 aromatic carbocycles. The highest BCUT2D eigenvalue weighted by molar-refractivity contribution is 5.44. The molecule has 3 nitrogen and oxygen atoms in total. The maximum absolute atomic E-state index is 9.06. The summed E-state index contributed by atoms with van der Waals surface area (Å²) in [5.74, 6) is 0. The van der Waals surface area contributed by atoms with Crippen LogP contribution in [0, 0.1) is 0 Å². The van der Waals surface area contributed by atoms with E-state index in [0.717, 1.165) is 6.61 Å². The molecule has 0 bridgehead atoms. The molecule has 0 aromatic heterocycles. The molecule has 1 N–H and O–H groups in total. The molecule has 0 aliphatic carbocycles. The molecule has 0 heterocycles. The van der Waals surface area contributed by atoms with Gasteiger partial charge >= 0.3 is 0 Å². The van der Waals surface area contributed by atoms with E-state index in [1.165, 1.54) is 0 Å². The molecule has 1 amide bonds. The lowest BCUT2D eigenvalue weighted by Gasteiger charge is -1.76. The van der Waals surface area contributed by atoms with Crippen LogP contribution in [0.2, 0.25) is 0 Å². The molecule has 0 radical (unpaired) electrons. The van der Waals surface area contributed by atoms with Crippen molar-refractivity contribution in [3.63, 3.8) is 0 Å². The molecular formula is C6H17NO2. The highest BCUT2D eigenvalue weighted by atomic mass is 16.5. The lowest BCUT2D eigenvalue weighted by Crippen LogP contribution is -1.98. The molecule has 0 aliphatic heterocycles. The van der Waals surface area contributed by atoms with Gasteiger partial charge in [-0.05, 0) is 6.92 Å². The largest absolute Gasteiger partial charge is 0.385 e. The number of ether oxygens (including phenoxy) is 1. The fourth-order valence-electron chi connectivity index (χ4n) is 0. The number of rotatable bonds is 2. The quantitative estimate of drug-likeness (QED) is 0.565. The lowest BCUT2D eigenvalue weighted by molar-refractivity contribution is -0.109. The van der Waals surface area contributed by atoms with Gasteiger partial charge in [-0.1, -0.05) is 7.43 Å². The summed E-state index contributed by atoms with van der Waals surface area (Å²) in [6, 6.07) is 0. The molecule has 0 aliphatic rings. The molecular weight excluding hydrogens is 118 g/mol. The van der Waals surface area contributed by atoms with E-state index >= 15 is 0 Å². The third kappa shape index (κ3) is 107. The van der Waals surface area contributed by atoms with Gasteiger partial charge in [0.2, 0.25) is 6.41 Å². The zero-order chi connectivity index (χ0) is 6.83. The van der Waals surface area contributed by atoms with Crippen LogP contribution in [-0.4, -0.2) is 27.2 Å². The number of hydrogen-bond acceptors (Lipinski definition) is 2. The van der Waals surface area contributed by atoms with Gasteiger partial charge in [0.15, 0.2) is 0 Å². The molecule has 9 heavy (non-hydrogen) atoms. The normalized spacial score (nSPS) is 5.67. The molecule has 58 valence electrons. The second-order valence-electron chi connectivity index (χ2n) is 0.984. The first-order valence-corrected chi connectivity index (χ1v) is 2.43. The smallest absolute Gasteiger partial charge is 0.206 e. The first-order valence-electron chi connectivity index (χ1n) is 2.43. The molecule has 0 rings (SSSR count). The minimum Gasteiger partial charge on any atom is -0.385 e. The predicted octanol–water partition coefficient (Wildman–Crippen LogP) is 0.651. The van der Waals surface area contributed by atoms with Gasteiger partial charge in [0, 0.05) is 20.8 Å². The first kappa shape index (κ1) is 15.8. The van der Waals surface area contributed by atoms with Gasteiger partial charge in [0.05, 0.1) is 0 Å². The predicted molar refractivity (Wildman–Crippen MR) is 39.4 cm³/mol. The maximum Gasteiger partial charge on any atom is 0.206 e. The molecule has 0 atom stereocenters. The van der Waals surface area contributed by atoms with Crippen LogP contribution in [0.25, 0.3) is 0 Å². The summed E-state index contributed by atoms with van der Waals surface area (Å²) in [6.07, 6.45) is 0.625. The van der Waals surface area contributed by atoms with E-state index in [1.807, 2.05) is 6.92 Å². The van der Waals surface area contributed by atoms with E-state index in [4.69, 9.17) is 4.79 Å². The van der Waals surface area contributed by atoms with Gasteiger partial charge in [-0.15, -0.1) is 0 Å². The van der Waals surface area contributed by atoms with Crippen LogP contribution in [0.3, 0.4) is 0 Å². The Morgan fingerprint density at radius 1 is 1.67 bits per heavy atom. The number of carbonyl (C=O) groups excluding carboxylic acids is 1. The summed E-state index contributed by atoms with van der Waals surface area (Å²) in [7, 11) is 3.24. The Morgan fingerprint density at radius 3 is 1.89 bits per heavy atom. The summed E-state index contributed by atoms with van der Waals surface area (Å²) in [5, 5.41) is 2.25. The number of amides is 1. The zero-order valence-corrected chi connectivity index (χ0v) is 5.60. The molecule has 3 heteroatoms. The van der Waals surface area contributed by atoms with Crippen molar-refractivity contribution in [2.24, 2.45) is 0 Å². The van der Waals surface area contributed by atoms with Crippen molar-refractivity contribution >= 4 is 6.41 Å². The van der Waals surface area contributed by atoms with E-state index in [9.17, 15) is 0 Å². The SMILES string of the molecule is C.CCOC.CNC=O.